The molecule has 0 aliphatic carbocycles. The molecule has 0 bridgehead atoms. The predicted molar refractivity (Wildman–Crippen MR) is 66.4 cm³/mol. The van der Waals surface area contributed by atoms with Gasteiger partial charge in [0.15, 0.2) is 0 Å². The second-order valence-electron chi connectivity index (χ2n) is 1.83. The van der Waals surface area contributed by atoms with Crippen molar-refractivity contribution in [3.05, 3.63) is 24.7 Å². The summed E-state index contributed by atoms with van der Waals surface area (Å²) in [5.74, 6) is 0. The van der Waals surface area contributed by atoms with E-state index in [4.69, 9.17) is 4.74 Å². The molecular weight excluding hydrogens is 366 g/mol. The molecule has 0 heterocycles. The van der Waals surface area contributed by atoms with Crippen molar-refractivity contribution in [3.63, 3.8) is 0 Å². The van der Waals surface area contributed by atoms with Crippen molar-refractivity contribution < 1.29 is 4.74 Å². The molecule has 0 radical (unpaired) electrons. The zero-order valence-electron chi connectivity index (χ0n) is 6.30. The van der Waals surface area contributed by atoms with Gasteiger partial charge < -0.3 is 4.74 Å². The molecule has 0 saturated carbocycles. The van der Waals surface area contributed by atoms with Crippen molar-refractivity contribution >= 4 is 45.2 Å². The highest BCUT2D eigenvalue weighted by Gasteiger charge is 1.74. The lowest BCUT2D eigenvalue weighted by atomic mass is 10.5. The molecule has 0 amide bonds. The summed E-state index contributed by atoms with van der Waals surface area (Å²) in [6.07, 6.45) is 9.70. The molecule has 0 aromatic rings. The standard InChI is InChI=1S/C8H12I2O/c9-5-1-3-7-11-8-4-2-6-10/h3-4,7-8H,1-2,5-6H2. The summed E-state index contributed by atoms with van der Waals surface area (Å²) in [5.41, 5.74) is 0. The van der Waals surface area contributed by atoms with Gasteiger partial charge in [-0.2, -0.15) is 0 Å². The first-order valence-electron chi connectivity index (χ1n) is 3.49. The predicted octanol–water partition coefficient (Wildman–Crippen LogP) is 3.68. The Bertz CT molecular complexity index is 107. The number of rotatable bonds is 6. The van der Waals surface area contributed by atoms with Crippen LogP contribution in [-0.4, -0.2) is 8.86 Å². The summed E-state index contributed by atoms with van der Waals surface area (Å²) < 4.78 is 7.37. The molecule has 64 valence electrons. The maximum atomic E-state index is 5.07. The number of halogens is 2. The summed E-state index contributed by atoms with van der Waals surface area (Å²) in [5, 5.41) is 0. The molecule has 1 nitrogen and oxygen atoms in total. The molecule has 0 saturated heterocycles. The Morgan fingerprint density at radius 1 is 0.909 bits per heavy atom. The van der Waals surface area contributed by atoms with Crippen molar-refractivity contribution in [2.45, 2.75) is 12.8 Å². The molecular formula is C8H12I2O. The molecule has 0 N–H and O–H groups in total. The Balaban J connectivity index is 3.11. The summed E-state index contributed by atoms with van der Waals surface area (Å²) in [6.45, 7) is 0. The highest BCUT2D eigenvalue weighted by molar-refractivity contribution is 14.1. The molecule has 0 atom stereocenters. The monoisotopic (exact) mass is 378 g/mol. The van der Waals surface area contributed by atoms with Gasteiger partial charge in [0, 0.05) is 8.86 Å². The first-order chi connectivity index (χ1) is 5.41. The zero-order valence-corrected chi connectivity index (χ0v) is 10.6. The van der Waals surface area contributed by atoms with Gasteiger partial charge in [-0.15, -0.1) is 0 Å². The maximum Gasteiger partial charge on any atom is 0.0861 e. The van der Waals surface area contributed by atoms with Crippen LogP contribution in [0.15, 0.2) is 24.7 Å². The average Bonchev–Trinajstić information content (AvgIpc) is 2.03. The van der Waals surface area contributed by atoms with Gasteiger partial charge in [-0.1, -0.05) is 45.2 Å². The van der Waals surface area contributed by atoms with E-state index in [1.165, 1.54) is 0 Å². The smallest absolute Gasteiger partial charge is 0.0861 e. The fourth-order valence-electron chi connectivity index (χ4n) is 0.419. The number of ether oxygens (including phenoxy) is 1. The maximum absolute atomic E-state index is 5.07. The van der Waals surface area contributed by atoms with Gasteiger partial charge in [0.1, 0.15) is 0 Å². The van der Waals surface area contributed by atoms with Gasteiger partial charge in [0.2, 0.25) is 0 Å². The molecule has 3 heteroatoms. The van der Waals surface area contributed by atoms with Crippen LogP contribution < -0.4 is 0 Å². The van der Waals surface area contributed by atoms with Gasteiger partial charge in [0.25, 0.3) is 0 Å². The van der Waals surface area contributed by atoms with E-state index < -0.39 is 0 Å². The summed E-state index contributed by atoms with van der Waals surface area (Å²) >= 11 is 4.67. The first-order valence-corrected chi connectivity index (χ1v) is 6.54. The van der Waals surface area contributed by atoms with E-state index >= 15 is 0 Å². The van der Waals surface area contributed by atoms with Gasteiger partial charge in [-0.25, -0.2) is 0 Å². The van der Waals surface area contributed by atoms with E-state index in [9.17, 15) is 0 Å². The van der Waals surface area contributed by atoms with E-state index in [1.54, 1.807) is 12.5 Å². The lowest BCUT2D eigenvalue weighted by molar-refractivity contribution is 0.399. The molecule has 0 aliphatic heterocycles. The molecule has 0 aliphatic rings. The molecule has 0 fully saturated rings. The zero-order chi connectivity index (χ0) is 8.36. The van der Waals surface area contributed by atoms with Crippen molar-refractivity contribution in [1.29, 1.82) is 0 Å². The van der Waals surface area contributed by atoms with Crippen LogP contribution in [0.1, 0.15) is 12.8 Å². The highest BCUT2D eigenvalue weighted by atomic mass is 127. The molecule has 0 spiro atoms. The van der Waals surface area contributed by atoms with Crippen LogP contribution in [0, 0.1) is 0 Å². The van der Waals surface area contributed by atoms with Crippen LogP contribution in [0.5, 0.6) is 0 Å². The highest BCUT2D eigenvalue weighted by Crippen LogP contribution is 1.93. The topological polar surface area (TPSA) is 9.23 Å². The van der Waals surface area contributed by atoms with E-state index in [0.717, 1.165) is 21.7 Å². The molecule has 11 heavy (non-hydrogen) atoms. The molecule has 0 aromatic carbocycles. The summed E-state index contributed by atoms with van der Waals surface area (Å²) in [6, 6.07) is 0. The summed E-state index contributed by atoms with van der Waals surface area (Å²) in [7, 11) is 0. The minimum absolute atomic E-state index is 1.08. The Labute approximate surface area is 95.6 Å². The largest absolute Gasteiger partial charge is 0.473 e. The minimum atomic E-state index is 1.08. The van der Waals surface area contributed by atoms with Crippen molar-refractivity contribution in [2.75, 3.05) is 8.86 Å². The van der Waals surface area contributed by atoms with Crippen LogP contribution in [-0.2, 0) is 4.74 Å². The SMILES string of the molecule is ICCC=COC=CCCI. The van der Waals surface area contributed by atoms with E-state index in [2.05, 4.69) is 45.2 Å². The Kier molecular flexibility index (Phi) is 11.5. The van der Waals surface area contributed by atoms with Crippen LogP contribution in [0.4, 0.5) is 0 Å². The lowest BCUT2D eigenvalue weighted by Gasteiger charge is -1.88. The van der Waals surface area contributed by atoms with E-state index in [1.807, 2.05) is 12.2 Å². The van der Waals surface area contributed by atoms with Crippen LogP contribution in [0.3, 0.4) is 0 Å². The number of alkyl halides is 2. The molecule has 0 unspecified atom stereocenters. The minimum Gasteiger partial charge on any atom is -0.473 e. The summed E-state index contributed by atoms with van der Waals surface area (Å²) in [4.78, 5) is 0. The third kappa shape index (κ3) is 10.7. The van der Waals surface area contributed by atoms with Gasteiger partial charge in [-0.05, 0) is 25.0 Å². The first kappa shape index (κ1) is 11.7. The number of allylic oxidation sites excluding steroid dienone is 2. The Hall–Kier alpha value is 0.740. The molecule has 0 aromatic heterocycles. The van der Waals surface area contributed by atoms with E-state index in [0.29, 0.717) is 0 Å². The normalized spacial score (nSPS) is 11.5. The van der Waals surface area contributed by atoms with Crippen LogP contribution in [0.2, 0.25) is 0 Å². The fraction of sp³-hybridized carbons (Fsp3) is 0.500. The third-order valence-corrected chi connectivity index (χ3v) is 2.15. The van der Waals surface area contributed by atoms with Gasteiger partial charge in [0.05, 0.1) is 12.5 Å². The van der Waals surface area contributed by atoms with Crippen LogP contribution >= 0.6 is 45.2 Å². The fourth-order valence-corrected chi connectivity index (χ4v) is 1.14. The second-order valence-corrected chi connectivity index (χ2v) is 3.99. The quantitative estimate of drug-likeness (QED) is 0.390. The number of hydrogen-bond acceptors (Lipinski definition) is 1. The van der Waals surface area contributed by atoms with Crippen LogP contribution in [0.25, 0.3) is 0 Å². The van der Waals surface area contributed by atoms with Gasteiger partial charge >= 0.3 is 0 Å². The number of hydrogen-bond donors (Lipinski definition) is 0. The van der Waals surface area contributed by atoms with E-state index in [-0.39, 0.29) is 0 Å². The van der Waals surface area contributed by atoms with Crippen molar-refractivity contribution in [2.24, 2.45) is 0 Å². The van der Waals surface area contributed by atoms with Crippen molar-refractivity contribution in [1.82, 2.24) is 0 Å². The lowest BCUT2D eigenvalue weighted by Crippen LogP contribution is -1.70. The Morgan fingerprint density at radius 3 is 1.73 bits per heavy atom. The third-order valence-electron chi connectivity index (χ3n) is 0.901. The second kappa shape index (κ2) is 10.7. The average molecular weight is 378 g/mol. The molecule has 0 rings (SSSR count). The Morgan fingerprint density at radius 2 is 1.36 bits per heavy atom. The van der Waals surface area contributed by atoms with Crippen molar-refractivity contribution in [3.8, 4) is 0 Å². The van der Waals surface area contributed by atoms with Gasteiger partial charge in [-0.3, -0.25) is 0 Å².